The molecule has 0 radical (unpaired) electrons. The van der Waals surface area contributed by atoms with E-state index in [1.807, 2.05) is 13.8 Å². The van der Waals surface area contributed by atoms with Gasteiger partial charge >= 0.3 is 0 Å². The maximum atomic E-state index is 13.0. The molecule has 134 valence electrons. The quantitative estimate of drug-likeness (QED) is 0.517. The fraction of sp³-hybridized carbons (Fsp3) is 0.412. The molecule has 0 aliphatic heterocycles. The van der Waals surface area contributed by atoms with Crippen molar-refractivity contribution in [1.29, 1.82) is 0 Å². The molecule has 1 aromatic heterocycles. The number of thiocarbonyl (C=S) groups is 1. The van der Waals surface area contributed by atoms with E-state index in [4.69, 9.17) is 17.0 Å². The first-order valence-corrected chi connectivity index (χ1v) is 9.34. The highest BCUT2D eigenvalue weighted by atomic mass is 32.2. The zero-order valence-electron chi connectivity index (χ0n) is 14.6. The normalized spacial score (nSPS) is 11.8. The van der Waals surface area contributed by atoms with Crippen LogP contribution in [0.5, 0.6) is 5.75 Å². The van der Waals surface area contributed by atoms with E-state index in [9.17, 15) is 4.79 Å². The van der Waals surface area contributed by atoms with Gasteiger partial charge in [0.15, 0.2) is 5.78 Å². The molecule has 1 heterocycles. The second-order valence-electron chi connectivity index (χ2n) is 5.25. The molecule has 6 nitrogen and oxygen atoms in total. The molecule has 8 heteroatoms. The van der Waals surface area contributed by atoms with Crippen molar-refractivity contribution < 1.29 is 9.53 Å². The van der Waals surface area contributed by atoms with Crippen LogP contribution in [-0.2, 0) is 6.54 Å². The van der Waals surface area contributed by atoms with Crippen molar-refractivity contribution in [1.82, 2.24) is 19.7 Å². The minimum Gasteiger partial charge on any atom is -0.497 e. The Labute approximate surface area is 157 Å². The van der Waals surface area contributed by atoms with Gasteiger partial charge < -0.3 is 9.64 Å². The number of nitrogens with zero attached hydrogens (tertiary/aromatic N) is 4. The summed E-state index contributed by atoms with van der Waals surface area (Å²) in [6.07, 6.45) is 3.07. The number of thioether (sulfide) groups is 1. The van der Waals surface area contributed by atoms with Gasteiger partial charge in [-0.1, -0.05) is 24.0 Å². The highest BCUT2D eigenvalue weighted by Gasteiger charge is 2.25. The molecule has 0 amide bonds. The van der Waals surface area contributed by atoms with Gasteiger partial charge in [0.05, 0.1) is 18.9 Å². The van der Waals surface area contributed by atoms with Crippen LogP contribution in [0.4, 0.5) is 0 Å². The number of ether oxygens (including phenoxy) is 1. The number of methoxy groups -OCH3 is 1. The van der Waals surface area contributed by atoms with E-state index in [1.165, 1.54) is 18.1 Å². The van der Waals surface area contributed by atoms with Crippen molar-refractivity contribution in [3.63, 3.8) is 0 Å². The summed E-state index contributed by atoms with van der Waals surface area (Å²) in [4.78, 5) is 19.0. The first-order valence-electron chi connectivity index (χ1n) is 8.05. The van der Waals surface area contributed by atoms with E-state index >= 15 is 0 Å². The van der Waals surface area contributed by atoms with Crippen molar-refractivity contribution >= 4 is 34.1 Å². The molecule has 1 aromatic carbocycles. The first kappa shape index (κ1) is 19.4. The van der Waals surface area contributed by atoms with E-state index in [0.29, 0.717) is 12.1 Å². The number of hydrogen-bond acceptors (Lipinski definition) is 6. The van der Waals surface area contributed by atoms with E-state index in [2.05, 4.69) is 15.0 Å². The van der Waals surface area contributed by atoms with Crippen LogP contribution in [0.15, 0.2) is 36.9 Å². The SMILES string of the molecule is CCN(CC)C(=S)SC(Cn1cncn1)C(=O)c1ccc(OC)cc1. The van der Waals surface area contributed by atoms with Gasteiger partial charge in [0.1, 0.15) is 22.7 Å². The Hall–Kier alpha value is -1.93. The third kappa shape index (κ3) is 5.27. The van der Waals surface area contributed by atoms with E-state index in [1.54, 1.807) is 42.4 Å². The lowest BCUT2D eigenvalue weighted by Gasteiger charge is -2.24. The van der Waals surface area contributed by atoms with Crippen LogP contribution in [0.2, 0.25) is 0 Å². The average molecular weight is 379 g/mol. The number of hydrogen-bond donors (Lipinski definition) is 0. The van der Waals surface area contributed by atoms with Gasteiger partial charge in [-0.2, -0.15) is 5.10 Å². The number of rotatable bonds is 8. The van der Waals surface area contributed by atoms with Gasteiger partial charge in [-0.15, -0.1) is 0 Å². The largest absolute Gasteiger partial charge is 0.497 e. The Morgan fingerprint density at radius 1 is 1.32 bits per heavy atom. The molecular weight excluding hydrogens is 356 g/mol. The summed E-state index contributed by atoms with van der Waals surface area (Å²) in [5.41, 5.74) is 0.626. The Balaban J connectivity index is 2.20. The van der Waals surface area contributed by atoms with E-state index < -0.39 is 0 Å². The zero-order valence-corrected chi connectivity index (χ0v) is 16.2. The topological polar surface area (TPSA) is 60.2 Å². The third-order valence-corrected chi connectivity index (χ3v) is 5.41. The Bertz CT molecular complexity index is 685. The van der Waals surface area contributed by atoms with Crippen molar-refractivity contribution in [2.24, 2.45) is 0 Å². The molecule has 0 bridgehead atoms. The second-order valence-corrected chi connectivity index (χ2v) is 7.09. The average Bonchev–Trinajstić information content (AvgIpc) is 3.15. The monoisotopic (exact) mass is 378 g/mol. The molecule has 0 fully saturated rings. The number of benzene rings is 1. The summed E-state index contributed by atoms with van der Waals surface area (Å²) in [7, 11) is 1.60. The van der Waals surface area contributed by atoms with Gasteiger partial charge in [-0.05, 0) is 38.1 Å². The van der Waals surface area contributed by atoms with Crippen LogP contribution in [-0.4, -0.2) is 55.2 Å². The molecule has 0 saturated heterocycles. The van der Waals surface area contributed by atoms with Crippen molar-refractivity contribution in [3.05, 3.63) is 42.5 Å². The predicted octanol–water partition coefficient (Wildman–Crippen LogP) is 2.90. The van der Waals surface area contributed by atoms with Crippen LogP contribution < -0.4 is 4.74 Å². The summed E-state index contributed by atoms with van der Waals surface area (Å²) in [6, 6.07) is 7.12. The van der Waals surface area contributed by atoms with Crippen LogP contribution in [0.25, 0.3) is 0 Å². The lowest BCUT2D eigenvalue weighted by molar-refractivity contribution is 0.0983. The van der Waals surface area contributed by atoms with Crippen molar-refractivity contribution in [3.8, 4) is 5.75 Å². The fourth-order valence-corrected chi connectivity index (χ4v) is 4.02. The molecular formula is C17H22N4O2S2. The molecule has 2 aromatic rings. The summed E-state index contributed by atoms with van der Waals surface area (Å²) >= 11 is 6.93. The summed E-state index contributed by atoms with van der Waals surface area (Å²) in [5, 5.41) is 3.74. The highest BCUT2D eigenvalue weighted by molar-refractivity contribution is 8.23. The maximum Gasteiger partial charge on any atom is 0.178 e. The lowest BCUT2D eigenvalue weighted by Crippen LogP contribution is -2.32. The van der Waals surface area contributed by atoms with Gasteiger partial charge in [-0.25, -0.2) is 4.98 Å². The minimum atomic E-state index is -0.372. The molecule has 0 saturated carbocycles. The minimum absolute atomic E-state index is 0.0117. The second kappa shape index (κ2) is 9.53. The van der Waals surface area contributed by atoms with Gasteiger partial charge in [0.25, 0.3) is 0 Å². The van der Waals surface area contributed by atoms with Gasteiger partial charge in [0, 0.05) is 18.7 Å². The maximum absolute atomic E-state index is 13.0. The molecule has 0 spiro atoms. The Morgan fingerprint density at radius 3 is 2.52 bits per heavy atom. The lowest BCUT2D eigenvalue weighted by atomic mass is 10.1. The van der Waals surface area contributed by atoms with Crippen LogP contribution in [0.3, 0.4) is 0 Å². The summed E-state index contributed by atoms with van der Waals surface area (Å²) < 4.78 is 7.53. The molecule has 1 unspecified atom stereocenters. The van der Waals surface area contributed by atoms with Crippen molar-refractivity contribution in [2.75, 3.05) is 20.2 Å². The Kier molecular flexibility index (Phi) is 7.39. The fourth-order valence-electron chi connectivity index (χ4n) is 2.29. The molecule has 1 atom stereocenters. The molecule has 0 aliphatic carbocycles. The third-order valence-electron chi connectivity index (χ3n) is 3.75. The zero-order chi connectivity index (χ0) is 18.2. The molecule has 25 heavy (non-hydrogen) atoms. The van der Waals surface area contributed by atoms with Gasteiger partial charge in [-0.3, -0.25) is 9.48 Å². The van der Waals surface area contributed by atoms with E-state index in [0.717, 1.165) is 23.2 Å². The number of carbonyl (C=O) groups is 1. The smallest absolute Gasteiger partial charge is 0.178 e. The molecule has 0 N–H and O–H groups in total. The number of aromatic nitrogens is 3. The predicted molar refractivity (Wildman–Crippen MR) is 104 cm³/mol. The first-order chi connectivity index (χ1) is 12.1. The van der Waals surface area contributed by atoms with Gasteiger partial charge in [0.2, 0.25) is 0 Å². The highest BCUT2D eigenvalue weighted by Crippen LogP contribution is 2.23. The standard InChI is InChI=1S/C17H22N4O2S2/c1-4-20(5-2)17(24)25-15(10-21-12-18-11-19-21)16(22)13-6-8-14(23-3)9-7-13/h6-9,11-12,15H,4-5,10H2,1-3H3. The van der Waals surface area contributed by atoms with Crippen LogP contribution in [0.1, 0.15) is 24.2 Å². The summed E-state index contributed by atoms with van der Waals surface area (Å²) in [6.45, 7) is 6.14. The molecule has 0 aliphatic rings. The Morgan fingerprint density at radius 2 is 2.00 bits per heavy atom. The number of Topliss-reactive ketones (excluding diaryl/α,β-unsaturated/α-hetero) is 1. The van der Waals surface area contributed by atoms with Crippen LogP contribution in [0, 0.1) is 0 Å². The number of ketones is 1. The number of carbonyl (C=O) groups excluding carboxylic acids is 1. The van der Waals surface area contributed by atoms with Crippen LogP contribution >= 0.6 is 24.0 Å². The van der Waals surface area contributed by atoms with E-state index in [-0.39, 0.29) is 11.0 Å². The summed E-state index contributed by atoms with van der Waals surface area (Å²) in [5.74, 6) is 0.730. The van der Waals surface area contributed by atoms with Crippen molar-refractivity contribution in [2.45, 2.75) is 25.6 Å². The molecule has 2 rings (SSSR count).